The molecule has 0 aliphatic carbocycles. The first-order valence-corrected chi connectivity index (χ1v) is 5.84. The normalized spacial score (nSPS) is 13.8. The van der Waals surface area contributed by atoms with Gasteiger partial charge in [-0.25, -0.2) is 0 Å². The Hall–Kier alpha value is -2.42. The van der Waals surface area contributed by atoms with Gasteiger partial charge in [-0.1, -0.05) is 41.1 Å². The Labute approximate surface area is 105 Å². The summed E-state index contributed by atoms with van der Waals surface area (Å²) in [7, 11) is 0. The maximum atomic E-state index is 11.1. The Balaban J connectivity index is 2.15. The molecule has 3 nitrogen and oxygen atoms in total. The van der Waals surface area contributed by atoms with E-state index in [0.717, 1.165) is 16.8 Å². The van der Waals surface area contributed by atoms with Crippen molar-refractivity contribution < 1.29 is 9.79 Å². The van der Waals surface area contributed by atoms with Crippen LogP contribution in [0.4, 0.5) is 0 Å². The number of hydrogen-bond donors (Lipinski definition) is 0. The van der Waals surface area contributed by atoms with Crippen LogP contribution in [0.15, 0.2) is 65.8 Å². The minimum atomic E-state index is -0.0700. The summed E-state index contributed by atoms with van der Waals surface area (Å²) in [5.41, 5.74) is 3.12. The third-order valence-electron chi connectivity index (χ3n) is 2.87. The molecule has 0 unspecified atom stereocenters. The zero-order chi connectivity index (χ0) is 12.4. The summed E-state index contributed by atoms with van der Waals surface area (Å²) < 4.78 is 1.76. The van der Waals surface area contributed by atoms with Gasteiger partial charge in [-0.15, -0.1) is 0 Å². The van der Waals surface area contributed by atoms with Gasteiger partial charge in [-0.05, 0) is 29.4 Å². The molecule has 2 aromatic carbocycles. The molecule has 3 heteroatoms. The SMILES string of the molecule is [O-]C1=N[N+](=C(c2ccccc2)c2ccccc2)C1. The van der Waals surface area contributed by atoms with Crippen LogP contribution in [0.25, 0.3) is 0 Å². The van der Waals surface area contributed by atoms with Gasteiger partial charge in [0.15, 0.2) is 0 Å². The van der Waals surface area contributed by atoms with Crippen molar-refractivity contribution in [1.82, 2.24) is 0 Å². The van der Waals surface area contributed by atoms with E-state index in [1.807, 2.05) is 60.7 Å². The van der Waals surface area contributed by atoms with Crippen LogP contribution in [-0.4, -0.2) is 22.8 Å². The molecule has 0 saturated carbocycles. The van der Waals surface area contributed by atoms with Crippen molar-refractivity contribution >= 4 is 11.6 Å². The Kier molecular flexibility index (Phi) is 2.65. The highest BCUT2D eigenvalue weighted by Gasteiger charge is 2.24. The van der Waals surface area contributed by atoms with Crippen LogP contribution in [0.5, 0.6) is 0 Å². The van der Waals surface area contributed by atoms with Gasteiger partial charge in [0.2, 0.25) is 12.3 Å². The summed E-state index contributed by atoms with van der Waals surface area (Å²) >= 11 is 0. The van der Waals surface area contributed by atoms with Gasteiger partial charge in [0.25, 0.3) is 0 Å². The second kappa shape index (κ2) is 4.45. The summed E-state index contributed by atoms with van der Waals surface area (Å²) in [6, 6.07) is 20.0. The molecule has 3 rings (SSSR count). The van der Waals surface area contributed by atoms with Crippen molar-refractivity contribution in [2.24, 2.45) is 5.10 Å². The number of hydrazone groups is 1. The third-order valence-corrected chi connectivity index (χ3v) is 2.87. The van der Waals surface area contributed by atoms with E-state index in [1.165, 1.54) is 0 Å². The van der Waals surface area contributed by atoms with E-state index in [2.05, 4.69) is 5.10 Å². The summed E-state index contributed by atoms with van der Waals surface area (Å²) in [5, 5.41) is 15.0. The Morgan fingerprint density at radius 2 is 1.33 bits per heavy atom. The van der Waals surface area contributed by atoms with Crippen LogP contribution in [0.2, 0.25) is 0 Å². The second-order valence-electron chi connectivity index (χ2n) is 4.13. The first kappa shape index (κ1) is 10.7. The molecule has 88 valence electrons. The highest BCUT2D eigenvalue weighted by atomic mass is 16.3. The molecule has 0 atom stereocenters. The topological polar surface area (TPSA) is 38.4 Å². The highest BCUT2D eigenvalue weighted by molar-refractivity contribution is 6.10. The van der Waals surface area contributed by atoms with Crippen molar-refractivity contribution in [2.75, 3.05) is 6.54 Å². The van der Waals surface area contributed by atoms with Crippen LogP contribution < -0.4 is 5.11 Å². The van der Waals surface area contributed by atoms with Gasteiger partial charge >= 0.3 is 0 Å². The predicted molar refractivity (Wildman–Crippen MR) is 68.7 cm³/mol. The molecule has 0 radical (unpaired) electrons. The lowest BCUT2D eigenvalue weighted by Crippen LogP contribution is -2.41. The van der Waals surface area contributed by atoms with E-state index in [9.17, 15) is 5.11 Å². The zero-order valence-electron chi connectivity index (χ0n) is 9.78. The number of rotatable bonds is 2. The van der Waals surface area contributed by atoms with E-state index in [1.54, 1.807) is 4.68 Å². The van der Waals surface area contributed by atoms with Crippen LogP contribution in [0.1, 0.15) is 11.1 Å². The lowest BCUT2D eigenvalue weighted by Gasteiger charge is -2.16. The molecule has 1 aliphatic heterocycles. The summed E-state index contributed by atoms with van der Waals surface area (Å²) in [6.45, 7) is 0.360. The average Bonchev–Trinajstić information content (AvgIpc) is 2.40. The van der Waals surface area contributed by atoms with Crippen molar-refractivity contribution in [2.45, 2.75) is 0 Å². The monoisotopic (exact) mass is 236 g/mol. The molecular weight excluding hydrogens is 224 g/mol. The fourth-order valence-electron chi connectivity index (χ4n) is 2.04. The van der Waals surface area contributed by atoms with Gasteiger partial charge in [0, 0.05) is 11.1 Å². The Morgan fingerprint density at radius 1 is 0.889 bits per heavy atom. The van der Waals surface area contributed by atoms with Gasteiger partial charge in [0.1, 0.15) is 5.90 Å². The van der Waals surface area contributed by atoms with Crippen LogP contribution >= 0.6 is 0 Å². The molecule has 0 fully saturated rings. The summed E-state index contributed by atoms with van der Waals surface area (Å²) in [6.07, 6.45) is 0. The second-order valence-corrected chi connectivity index (χ2v) is 4.13. The van der Waals surface area contributed by atoms with E-state index >= 15 is 0 Å². The Morgan fingerprint density at radius 3 is 1.72 bits per heavy atom. The maximum absolute atomic E-state index is 11.1. The lowest BCUT2D eigenvalue weighted by molar-refractivity contribution is -0.562. The number of hydrogen-bond acceptors (Lipinski definition) is 2. The van der Waals surface area contributed by atoms with Gasteiger partial charge in [0.05, 0.1) is 0 Å². The van der Waals surface area contributed by atoms with E-state index in [4.69, 9.17) is 0 Å². The minimum Gasteiger partial charge on any atom is -0.853 e. The first-order valence-electron chi connectivity index (χ1n) is 5.84. The van der Waals surface area contributed by atoms with E-state index in [-0.39, 0.29) is 5.90 Å². The standard InChI is InChI=1S/C15H12N2O/c18-14-11-17(16-14)15(12-7-3-1-4-8-12)13-9-5-2-6-10-13/h1-10H,11H2. The quantitative estimate of drug-likeness (QED) is 0.723. The van der Waals surface area contributed by atoms with Crippen LogP contribution in [0, 0.1) is 0 Å². The van der Waals surface area contributed by atoms with Crippen molar-refractivity contribution in [1.29, 1.82) is 0 Å². The van der Waals surface area contributed by atoms with Crippen LogP contribution in [0.3, 0.4) is 0 Å². The van der Waals surface area contributed by atoms with E-state index in [0.29, 0.717) is 6.54 Å². The van der Waals surface area contributed by atoms with Gasteiger partial charge in [-0.3, -0.25) is 0 Å². The number of nitrogens with zero attached hydrogens (tertiary/aromatic N) is 2. The van der Waals surface area contributed by atoms with Crippen molar-refractivity contribution in [3.05, 3.63) is 71.8 Å². The average molecular weight is 236 g/mol. The highest BCUT2D eigenvalue weighted by Crippen LogP contribution is 2.12. The number of benzene rings is 2. The minimum absolute atomic E-state index is 0.0700. The summed E-state index contributed by atoms with van der Waals surface area (Å²) in [5.74, 6) is -0.0700. The van der Waals surface area contributed by atoms with Crippen molar-refractivity contribution in [3.63, 3.8) is 0 Å². The van der Waals surface area contributed by atoms with Crippen LogP contribution in [-0.2, 0) is 0 Å². The largest absolute Gasteiger partial charge is 0.853 e. The summed E-state index contributed by atoms with van der Waals surface area (Å²) in [4.78, 5) is 0. The predicted octanol–water partition coefficient (Wildman–Crippen LogP) is 1.22. The molecule has 2 aromatic rings. The fraction of sp³-hybridized carbons (Fsp3) is 0.0667. The molecule has 0 bridgehead atoms. The molecule has 0 amide bonds. The molecule has 0 spiro atoms. The first-order chi connectivity index (χ1) is 8.84. The molecule has 1 heterocycles. The molecule has 0 N–H and O–H groups in total. The molecule has 1 aliphatic rings. The van der Waals surface area contributed by atoms with Gasteiger partial charge < -0.3 is 5.11 Å². The molecule has 18 heavy (non-hydrogen) atoms. The third kappa shape index (κ3) is 1.91. The van der Waals surface area contributed by atoms with Gasteiger partial charge in [-0.2, -0.15) is 0 Å². The molecular formula is C15H12N2O. The molecule has 0 saturated heterocycles. The van der Waals surface area contributed by atoms with Crippen molar-refractivity contribution in [3.8, 4) is 0 Å². The maximum Gasteiger partial charge on any atom is 0.246 e. The van der Waals surface area contributed by atoms with E-state index < -0.39 is 0 Å². The lowest BCUT2D eigenvalue weighted by atomic mass is 10.0. The Bertz CT molecular complexity index is 574. The smallest absolute Gasteiger partial charge is 0.246 e. The fourth-order valence-corrected chi connectivity index (χ4v) is 2.04. The zero-order valence-corrected chi connectivity index (χ0v) is 9.78. The molecule has 0 aromatic heterocycles.